The van der Waals surface area contributed by atoms with Gasteiger partial charge in [0.15, 0.2) is 0 Å². The second-order valence-corrected chi connectivity index (χ2v) is 4.57. The van der Waals surface area contributed by atoms with Crippen molar-refractivity contribution in [1.82, 2.24) is 10.0 Å². The summed E-state index contributed by atoms with van der Waals surface area (Å²) in [6.07, 6.45) is -2.55. The molecule has 1 aromatic carbocycles. The first-order valence-corrected chi connectivity index (χ1v) is 6.38. The number of hydroxylamine groups is 2. The fourth-order valence-electron chi connectivity index (χ4n) is 2.04. The number of nitrogens with zero attached hydrogens (tertiary/aromatic N) is 2. The molecule has 2 heterocycles. The number of halogens is 2. The van der Waals surface area contributed by atoms with Crippen LogP contribution >= 0.6 is 0 Å². The molecule has 0 fully saturated rings. The molecule has 0 N–H and O–H groups in total. The fraction of sp³-hybridized carbons (Fsp3) is 0.143. The fourth-order valence-corrected chi connectivity index (χ4v) is 2.04. The minimum Gasteiger partial charge on any atom is -0.444 e. The molecule has 1 aromatic heterocycles. The van der Waals surface area contributed by atoms with E-state index in [2.05, 4.69) is 9.40 Å². The number of imide groups is 1. The number of alkyl halides is 2. The zero-order chi connectivity index (χ0) is 16.6. The Balaban J connectivity index is 1.69. The highest BCUT2D eigenvalue weighted by Crippen LogP contribution is 2.23. The van der Waals surface area contributed by atoms with Gasteiger partial charge in [-0.25, -0.2) is 9.78 Å². The van der Waals surface area contributed by atoms with E-state index in [-0.39, 0.29) is 16.8 Å². The molecular formula is C14H8F2N2O5. The Kier molecular flexibility index (Phi) is 3.61. The van der Waals surface area contributed by atoms with Crippen LogP contribution in [0.25, 0.3) is 0 Å². The van der Waals surface area contributed by atoms with Crippen molar-refractivity contribution in [3.63, 3.8) is 0 Å². The first kappa shape index (κ1) is 14.8. The summed E-state index contributed by atoms with van der Waals surface area (Å²) < 4.78 is 29.1. The molecule has 0 bridgehead atoms. The number of carbonyl (C=O) groups is 3. The minimum atomic E-state index is -2.91. The standard InChI is InChI=1S/C14H8F2N2O5/c15-11(16)12-17-7(6-22-12)5-10(19)23-18-13(20)8-3-1-2-4-9(8)14(18)21/h1-4,6,11H,5H2. The topological polar surface area (TPSA) is 89.7 Å². The van der Waals surface area contributed by atoms with Crippen molar-refractivity contribution in [3.8, 4) is 0 Å². The second kappa shape index (κ2) is 5.59. The van der Waals surface area contributed by atoms with Crippen LogP contribution in [0.3, 0.4) is 0 Å². The third-order valence-electron chi connectivity index (χ3n) is 3.03. The van der Waals surface area contributed by atoms with Crippen LogP contribution in [-0.4, -0.2) is 27.8 Å². The van der Waals surface area contributed by atoms with Crippen LogP contribution in [0.15, 0.2) is 34.9 Å². The Bertz CT molecular complexity index is 767. The van der Waals surface area contributed by atoms with Gasteiger partial charge in [0, 0.05) is 0 Å². The highest BCUT2D eigenvalue weighted by atomic mass is 19.3. The molecule has 9 heteroatoms. The van der Waals surface area contributed by atoms with E-state index in [1.165, 1.54) is 12.1 Å². The Morgan fingerprint density at radius 2 is 1.83 bits per heavy atom. The maximum Gasteiger partial charge on any atom is 0.339 e. The molecule has 1 aliphatic rings. The molecule has 0 aliphatic carbocycles. The number of hydrogen-bond acceptors (Lipinski definition) is 6. The average Bonchev–Trinajstić information content (AvgIpc) is 3.07. The van der Waals surface area contributed by atoms with Crippen LogP contribution in [-0.2, 0) is 16.1 Å². The van der Waals surface area contributed by atoms with Crippen molar-refractivity contribution < 1.29 is 32.4 Å². The normalized spacial score (nSPS) is 13.6. The largest absolute Gasteiger partial charge is 0.444 e. The molecule has 1 aliphatic heterocycles. The lowest BCUT2D eigenvalue weighted by Crippen LogP contribution is -2.33. The molecule has 3 rings (SSSR count). The molecule has 0 radical (unpaired) electrons. The van der Waals surface area contributed by atoms with Crippen molar-refractivity contribution in [2.75, 3.05) is 0 Å². The van der Waals surface area contributed by atoms with Crippen molar-refractivity contribution in [2.24, 2.45) is 0 Å². The lowest BCUT2D eigenvalue weighted by atomic mass is 10.1. The molecule has 0 spiro atoms. The molecule has 7 nitrogen and oxygen atoms in total. The van der Waals surface area contributed by atoms with Gasteiger partial charge < -0.3 is 9.25 Å². The van der Waals surface area contributed by atoms with Gasteiger partial charge in [-0.3, -0.25) is 9.59 Å². The third-order valence-corrected chi connectivity index (χ3v) is 3.03. The van der Waals surface area contributed by atoms with E-state index in [9.17, 15) is 23.2 Å². The summed E-state index contributed by atoms with van der Waals surface area (Å²) in [7, 11) is 0. The molecule has 2 aromatic rings. The molecule has 2 amide bonds. The van der Waals surface area contributed by atoms with Gasteiger partial charge in [-0.15, -0.1) is 0 Å². The lowest BCUT2D eigenvalue weighted by Gasteiger charge is -2.11. The predicted octanol–water partition coefficient (Wildman–Crippen LogP) is 1.91. The second-order valence-electron chi connectivity index (χ2n) is 4.57. The maximum absolute atomic E-state index is 12.3. The Morgan fingerprint density at radius 3 is 2.35 bits per heavy atom. The molecule has 0 saturated carbocycles. The van der Waals surface area contributed by atoms with Crippen LogP contribution in [0.1, 0.15) is 38.7 Å². The molecule has 0 saturated heterocycles. The van der Waals surface area contributed by atoms with Crippen LogP contribution in [0.2, 0.25) is 0 Å². The number of aromatic nitrogens is 1. The van der Waals surface area contributed by atoms with Crippen molar-refractivity contribution in [1.29, 1.82) is 0 Å². The van der Waals surface area contributed by atoms with Gasteiger partial charge in [0.25, 0.3) is 17.7 Å². The first-order valence-electron chi connectivity index (χ1n) is 6.38. The summed E-state index contributed by atoms with van der Waals surface area (Å²) >= 11 is 0. The van der Waals surface area contributed by atoms with Crippen LogP contribution < -0.4 is 0 Å². The van der Waals surface area contributed by atoms with Gasteiger partial charge in [-0.05, 0) is 12.1 Å². The Morgan fingerprint density at radius 1 is 1.22 bits per heavy atom. The van der Waals surface area contributed by atoms with Gasteiger partial charge in [-0.2, -0.15) is 8.78 Å². The Labute approximate surface area is 127 Å². The van der Waals surface area contributed by atoms with Gasteiger partial charge in [0.1, 0.15) is 6.26 Å². The number of carbonyl (C=O) groups excluding carboxylic acids is 3. The zero-order valence-corrected chi connectivity index (χ0v) is 11.4. The highest BCUT2D eigenvalue weighted by Gasteiger charge is 2.38. The SMILES string of the molecule is O=C(Cc1coc(C(F)F)n1)ON1C(=O)c2ccccc2C1=O. The minimum absolute atomic E-state index is 0.0955. The number of amides is 2. The smallest absolute Gasteiger partial charge is 0.339 e. The maximum atomic E-state index is 12.3. The van der Waals surface area contributed by atoms with E-state index < -0.39 is 36.5 Å². The number of rotatable bonds is 4. The molecule has 118 valence electrons. The average molecular weight is 322 g/mol. The molecular weight excluding hydrogens is 314 g/mol. The quantitative estimate of drug-likeness (QED) is 0.799. The monoisotopic (exact) mass is 322 g/mol. The summed E-state index contributed by atoms with van der Waals surface area (Å²) in [5.74, 6) is -3.37. The number of oxazole rings is 1. The van der Waals surface area contributed by atoms with Crippen LogP contribution in [0, 0.1) is 0 Å². The molecule has 0 atom stereocenters. The molecule has 23 heavy (non-hydrogen) atoms. The van der Waals surface area contributed by atoms with Crippen LogP contribution in [0.5, 0.6) is 0 Å². The van der Waals surface area contributed by atoms with Crippen molar-refractivity contribution >= 4 is 17.8 Å². The lowest BCUT2D eigenvalue weighted by molar-refractivity contribution is -0.167. The molecule has 0 unspecified atom stereocenters. The third kappa shape index (κ3) is 2.68. The van der Waals surface area contributed by atoms with E-state index >= 15 is 0 Å². The van der Waals surface area contributed by atoms with E-state index in [0.717, 1.165) is 6.26 Å². The van der Waals surface area contributed by atoms with Crippen LogP contribution in [0.4, 0.5) is 8.78 Å². The number of hydrogen-bond donors (Lipinski definition) is 0. The summed E-state index contributed by atoms with van der Waals surface area (Å²) in [5, 5.41) is 0.334. The number of fused-ring (bicyclic) bond motifs is 1. The van der Waals surface area contributed by atoms with Crippen molar-refractivity contribution in [2.45, 2.75) is 12.8 Å². The number of benzene rings is 1. The highest BCUT2D eigenvalue weighted by molar-refractivity contribution is 6.20. The van der Waals surface area contributed by atoms with Crippen molar-refractivity contribution in [3.05, 3.63) is 53.2 Å². The van der Waals surface area contributed by atoms with Gasteiger partial charge >= 0.3 is 12.4 Å². The summed E-state index contributed by atoms with van der Waals surface area (Å²) in [6, 6.07) is 5.99. The summed E-state index contributed by atoms with van der Waals surface area (Å²) in [4.78, 5) is 43.8. The van der Waals surface area contributed by atoms with Gasteiger partial charge in [-0.1, -0.05) is 17.2 Å². The Hall–Kier alpha value is -3.10. The first-order chi connectivity index (χ1) is 11.0. The predicted molar refractivity (Wildman–Crippen MR) is 68.2 cm³/mol. The van der Waals surface area contributed by atoms with E-state index in [4.69, 9.17) is 4.84 Å². The van der Waals surface area contributed by atoms with Gasteiger partial charge in [0.05, 0.1) is 23.2 Å². The van der Waals surface area contributed by atoms with E-state index in [0.29, 0.717) is 5.06 Å². The zero-order valence-electron chi connectivity index (χ0n) is 11.4. The summed E-state index contributed by atoms with van der Waals surface area (Å²) in [6.45, 7) is 0. The van der Waals surface area contributed by atoms with E-state index in [1.54, 1.807) is 12.1 Å². The summed E-state index contributed by atoms with van der Waals surface area (Å²) in [5.41, 5.74) is 0.139. The van der Waals surface area contributed by atoms with Gasteiger partial charge in [0.2, 0.25) is 0 Å². The van der Waals surface area contributed by atoms with E-state index in [1.807, 2.05) is 0 Å².